The standard InChI is InChI=1S/C14H21N3O2/c1-3-15-11-6-4-7-12(13(11)17(18)19)16-10-14(2)8-5-9-14/h4,6-7,15-16H,3,5,8-10H2,1-2H3. The van der Waals surface area contributed by atoms with Crippen molar-refractivity contribution < 1.29 is 4.92 Å². The van der Waals surface area contributed by atoms with Gasteiger partial charge in [0.2, 0.25) is 0 Å². The Morgan fingerprint density at radius 1 is 1.32 bits per heavy atom. The summed E-state index contributed by atoms with van der Waals surface area (Å²) in [7, 11) is 0. The maximum absolute atomic E-state index is 11.3. The lowest BCUT2D eigenvalue weighted by Crippen LogP contribution is -2.33. The second-order valence-electron chi connectivity index (χ2n) is 5.51. The van der Waals surface area contributed by atoms with Gasteiger partial charge in [-0.3, -0.25) is 10.1 Å². The van der Waals surface area contributed by atoms with Crippen LogP contribution in [0.5, 0.6) is 0 Å². The Balaban J connectivity index is 2.18. The lowest BCUT2D eigenvalue weighted by molar-refractivity contribution is -0.383. The van der Waals surface area contributed by atoms with Crippen LogP contribution in [-0.4, -0.2) is 18.0 Å². The minimum absolute atomic E-state index is 0.146. The van der Waals surface area contributed by atoms with Gasteiger partial charge < -0.3 is 10.6 Å². The van der Waals surface area contributed by atoms with E-state index in [-0.39, 0.29) is 10.6 Å². The molecule has 0 heterocycles. The fourth-order valence-corrected chi connectivity index (χ4v) is 2.48. The van der Waals surface area contributed by atoms with Gasteiger partial charge in [0.1, 0.15) is 11.4 Å². The predicted octanol–water partition coefficient (Wildman–Crippen LogP) is 3.63. The molecule has 1 saturated carbocycles. The van der Waals surface area contributed by atoms with Crippen LogP contribution < -0.4 is 10.6 Å². The van der Waals surface area contributed by atoms with Crippen LogP contribution in [-0.2, 0) is 0 Å². The van der Waals surface area contributed by atoms with Crippen LogP contribution in [0.4, 0.5) is 17.1 Å². The zero-order valence-corrected chi connectivity index (χ0v) is 11.5. The van der Waals surface area contributed by atoms with E-state index in [1.807, 2.05) is 13.0 Å². The zero-order chi connectivity index (χ0) is 13.9. The molecule has 1 aromatic rings. The lowest BCUT2D eigenvalue weighted by Gasteiger charge is -2.38. The highest BCUT2D eigenvalue weighted by atomic mass is 16.6. The van der Waals surface area contributed by atoms with E-state index in [0.717, 1.165) is 6.54 Å². The van der Waals surface area contributed by atoms with E-state index in [9.17, 15) is 10.1 Å². The average molecular weight is 263 g/mol. The number of rotatable bonds is 6. The molecule has 0 unspecified atom stereocenters. The van der Waals surface area contributed by atoms with Crippen LogP contribution in [0, 0.1) is 15.5 Å². The molecule has 2 N–H and O–H groups in total. The van der Waals surface area contributed by atoms with Crippen molar-refractivity contribution in [1.82, 2.24) is 0 Å². The number of nitro benzene ring substituents is 1. The van der Waals surface area contributed by atoms with E-state index in [1.54, 1.807) is 12.1 Å². The second-order valence-corrected chi connectivity index (χ2v) is 5.51. The number of nitrogens with one attached hydrogen (secondary N) is 2. The summed E-state index contributed by atoms with van der Waals surface area (Å²) in [5.74, 6) is 0. The molecule has 1 fully saturated rings. The van der Waals surface area contributed by atoms with Crippen molar-refractivity contribution in [1.29, 1.82) is 0 Å². The summed E-state index contributed by atoms with van der Waals surface area (Å²) in [6.45, 7) is 5.62. The maximum Gasteiger partial charge on any atom is 0.315 e. The molecule has 0 aromatic heterocycles. The fraction of sp³-hybridized carbons (Fsp3) is 0.571. The Labute approximate surface area is 113 Å². The fourth-order valence-electron chi connectivity index (χ4n) is 2.48. The summed E-state index contributed by atoms with van der Waals surface area (Å²) < 4.78 is 0. The quantitative estimate of drug-likeness (QED) is 0.607. The first-order chi connectivity index (χ1) is 9.06. The summed E-state index contributed by atoms with van der Waals surface area (Å²) in [6, 6.07) is 5.37. The van der Waals surface area contributed by atoms with Crippen LogP contribution in [0.2, 0.25) is 0 Å². The number of para-hydroxylation sites is 1. The van der Waals surface area contributed by atoms with Crippen LogP contribution in [0.25, 0.3) is 0 Å². The van der Waals surface area contributed by atoms with Gasteiger partial charge in [-0.25, -0.2) is 0 Å². The topological polar surface area (TPSA) is 67.2 Å². The highest BCUT2D eigenvalue weighted by molar-refractivity contribution is 5.76. The third-order valence-electron chi connectivity index (χ3n) is 3.85. The number of nitrogens with zero attached hydrogens (tertiary/aromatic N) is 1. The first-order valence-electron chi connectivity index (χ1n) is 6.81. The molecular weight excluding hydrogens is 242 g/mol. The van der Waals surface area contributed by atoms with E-state index in [2.05, 4.69) is 17.6 Å². The summed E-state index contributed by atoms with van der Waals surface area (Å²) in [6.07, 6.45) is 3.65. The van der Waals surface area contributed by atoms with Crippen LogP contribution in [0.15, 0.2) is 18.2 Å². The molecule has 1 aromatic carbocycles. The molecule has 0 saturated heterocycles. The van der Waals surface area contributed by atoms with E-state index in [1.165, 1.54) is 19.3 Å². The molecule has 104 valence electrons. The van der Waals surface area contributed by atoms with Gasteiger partial charge >= 0.3 is 5.69 Å². The van der Waals surface area contributed by atoms with Gasteiger partial charge in [0.15, 0.2) is 0 Å². The molecule has 2 rings (SSSR count). The number of hydrogen-bond donors (Lipinski definition) is 2. The van der Waals surface area contributed by atoms with Crippen LogP contribution >= 0.6 is 0 Å². The Morgan fingerprint density at radius 3 is 2.42 bits per heavy atom. The largest absolute Gasteiger partial charge is 0.380 e. The zero-order valence-electron chi connectivity index (χ0n) is 11.5. The molecular formula is C14H21N3O2. The SMILES string of the molecule is CCNc1cccc(NCC2(C)CCC2)c1[N+](=O)[O-]. The van der Waals surface area contributed by atoms with E-state index in [0.29, 0.717) is 23.3 Å². The number of hydrogen-bond acceptors (Lipinski definition) is 4. The van der Waals surface area contributed by atoms with Gasteiger partial charge in [-0.15, -0.1) is 0 Å². The average Bonchev–Trinajstić information content (AvgIpc) is 2.34. The predicted molar refractivity (Wildman–Crippen MR) is 77.7 cm³/mol. The molecule has 1 aliphatic carbocycles. The first-order valence-corrected chi connectivity index (χ1v) is 6.81. The van der Waals surface area contributed by atoms with Crippen molar-refractivity contribution in [2.75, 3.05) is 23.7 Å². The minimum atomic E-state index is -0.316. The number of nitro groups is 1. The van der Waals surface area contributed by atoms with Gasteiger partial charge in [0.05, 0.1) is 4.92 Å². The smallest absolute Gasteiger partial charge is 0.315 e. The Hall–Kier alpha value is -1.78. The third-order valence-corrected chi connectivity index (χ3v) is 3.85. The van der Waals surface area contributed by atoms with Crippen molar-refractivity contribution in [2.24, 2.45) is 5.41 Å². The summed E-state index contributed by atoms with van der Waals surface area (Å²) in [5, 5.41) is 17.5. The summed E-state index contributed by atoms with van der Waals surface area (Å²) in [4.78, 5) is 10.9. The summed E-state index contributed by atoms with van der Waals surface area (Å²) in [5.41, 5.74) is 1.63. The number of benzene rings is 1. The third kappa shape index (κ3) is 2.97. The maximum atomic E-state index is 11.3. The molecule has 0 aliphatic heterocycles. The van der Waals surface area contributed by atoms with Crippen molar-refractivity contribution in [3.63, 3.8) is 0 Å². The van der Waals surface area contributed by atoms with Gasteiger partial charge in [0, 0.05) is 13.1 Å². The van der Waals surface area contributed by atoms with Crippen molar-refractivity contribution in [3.05, 3.63) is 28.3 Å². The van der Waals surface area contributed by atoms with Crippen molar-refractivity contribution >= 4 is 17.1 Å². The Kier molecular flexibility index (Phi) is 3.93. The first kappa shape index (κ1) is 13.6. The minimum Gasteiger partial charge on any atom is -0.380 e. The van der Waals surface area contributed by atoms with Gasteiger partial charge in [-0.2, -0.15) is 0 Å². The molecule has 0 amide bonds. The normalized spacial score (nSPS) is 16.5. The molecule has 1 aliphatic rings. The van der Waals surface area contributed by atoms with Crippen LogP contribution in [0.3, 0.4) is 0 Å². The summed E-state index contributed by atoms with van der Waals surface area (Å²) >= 11 is 0. The van der Waals surface area contributed by atoms with Gasteiger partial charge in [-0.1, -0.05) is 19.4 Å². The molecule has 5 nitrogen and oxygen atoms in total. The molecule has 0 spiro atoms. The Morgan fingerprint density at radius 2 is 1.95 bits per heavy atom. The number of anilines is 2. The van der Waals surface area contributed by atoms with Gasteiger partial charge in [-0.05, 0) is 37.3 Å². The van der Waals surface area contributed by atoms with E-state index >= 15 is 0 Å². The molecule has 0 bridgehead atoms. The van der Waals surface area contributed by atoms with E-state index in [4.69, 9.17) is 0 Å². The lowest BCUT2D eigenvalue weighted by atomic mass is 9.70. The molecule has 0 atom stereocenters. The van der Waals surface area contributed by atoms with E-state index < -0.39 is 0 Å². The highest BCUT2D eigenvalue weighted by Crippen LogP contribution is 2.41. The van der Waals surface area contributed by atoms with Crippen molar-refractivity contribution in [3.8, 4) is 0 Å². The molecule has 0 radical (unpaired) electrons. The van der Waals surface area contributed by atoms with Gasteiger partial charge in [0.25, 0.3) is 0 Å². The van der Waals surface area contributed by atoms with Crippen LogP contribution in [0.1, 0.15) is 33.1 Å². The monoisotopic (exact) mass is 263 g/mol. The molecule has 5 heteroatoms. The molecule has 19 heavy (non-hydrogen) atoms. The second kappa shape index (κ2) is 5.47. The van der Waals surface area contributed by atoms with Crippen molar-refractivity contribution in [2.45, 2.75) is 33.1 Å². The highest BCUT2D eigenvalue weighted by Gasteiger charge is 2.32. The Bertz CT molecular complexity index is 470.